The Balaban J connectivity index is 1.93. The maximum atomic E-state index is 10.1. The van der Waals surface area contributed by atoms with Crippen molar-refractivity contribution in [1.82, 2.24) is 9.97 Å². The molecule has 2 aliphatic heterocycles. The number of nitrogens with zero attached hydrogens (tertiary/aromatic N) is 2. The molecule has 0 radical (unpaired) electrons. The Morgan fingerprint density at radius 1 is 1.23 bits per heavy atom. The molecule has 0 amide bonds. The number of nitrogens with one attached hydrogen (secondary N) is 2. The third-order valence-electron chi connectivity index (χ3n) is 4.72. The molecule has 6 nitrogen and oxygen atoms in total. The lowest BCUT2D eigenvalue weighted by Crippen LogP contribution is -2.35. The van der Waals surface area contributed by atoms with Gasteiger partial charge in [0.25, 0.3) is 0 Å². The normalized spacial score (nSPS) is 18.3. The molecule has 4 rings (SSSR count). The van der Waals surface area contributed by atoms with E-state index in [1.807, 2.05) is 24.3 Å². The smallest absolute Gasteiger partial charge is 0.326 e. The fraction of sp³-hybridized carbons (Fsp3) is 0.316. The third-order valence-corrected chi connectivity index (χ3v) is 4.93. The molecule has 3 N–H and O–H groups in total. The van der Waals surface area contributed by atoms with E-state index in [0.29, 0.717) is 10.5 Å². The Bertz CT molecular complexity index is 1080. The molecule has 0 aliphatic carbocycles. The molecule has 26 heavy (non-hydrogen) atoms. The van der Waals surface area contributed by atoms with Crippen molar-refractivity contribution >= 4 is 30.2 Å². The van der Waals surface area contributed by atoms with Crippen LogP contribution in [0, 0.1) is 4.77 Å². The topological polar surface area (TPSA) is 76.4 Å². The second-order valence-electron chi connectivity index (χ2n) is 6.49. The number of aromatic nitrogens is 2. The highest BCUT2D eigenvalue weighted by atomic mass is 32.1. The molecule has 2 aromatic rings. The number of benzene rings is 1. The number of H-pyrrole nitrogens is 2. The number of hydrogen-bond acceptors (Lipinski definition) is 3. The van der Waals surface area contributed by atoms with Crippen molar-refractivity contribution in [1.29, 1.82) is 0 Å². The summed E-state index contributed by atoms with van der Waals surface area (Å²) in [4.78, 5) is 10.6. The number of methoxy groups -OCH3 is 1. The average molecular weight is 369 g/mol. The van der Waals surface area contributed by atoms with Crippen LogP contribution in [-0.2, 0) is 0 Å². The van der Waals surface area contributed by atoms with Gasteiger partial charge in [0.2, 0.25) is 5.88 Å². The molecule has 3 heterocycles. The maximum Gasteiger partial charge on any atom is 0.326 e. The number of hydrogen-bond donors (Lipinski definition) is 3. The summed E-state index contributed by atoms with van der Waals surface area (Å²) in [6.45, 7) is 1.98. The summed E-state index contributed by atoms with van der Waals surface area (Å²) in [6.07, 6.45) is 7.56. The summed E-state index contributed by atoms with van der Waals surface area (Å²) >= 11 is 5.07. The molecule has 1 fully saturated rings. The molecule has 1 saturated heterocycles. The van der Waals surface area contributed by atoms with E-state index in [2.05, 4.69) is 20.6 Å². The van der Waals surface area contributed by atoms with Crippen LogP contribution in [0.15, 0.2) is 28.8 Å². The van der Waals surface area contributed by atoms with Crippen molar-refractivity contribution < 1.29 is 14.4 Å². The zero-order chi connectivity index (χ0) is 18.1. The summed E-state index contributed by atoms with van der Waals surface area (Å²) in [7, 11) is 1.65. The van der Waals surface area contributed by atoms with E-state index >= 15 is 0 Å². The number of imidazole rings is 1. The fourth-order valence-electron chi connectivity index (χ4n) is 3.40. The molecule has 1 aromatic carbocycles. The van der Waals surface area contributed by atoms with E-state index in [1.165, 1.54) is 19.3 Å². The molecular formula is C19H21N4O2S+. The Morgan fingerprint density at radius 2 is 2.04 bits per heavy atom. The van der Waals surface area contributed by atoms with E-state index in [-0.39, 0.29) is 5.88 Å². The van der Waals surface area contributed by atoms with Gasteiger partial charge in [0.15, 0.2) is 10.1 Å². The number of ether oxygens (including phenoxy) is 1. The highest BCUT2D eigenvalue weighted by Crippen LogP contribution is 2.19. The first-order valence-electron chi connectivity index (χ1n) is 8.74. The molecule has 0 bridgehead atoms. The largest absolute Gasteiger partial charge is 0.497 e. The fourth-order valence-corrected chi connectivity index (χ4v) is 3.61. The van der Waals surface area contributed by atoms with Crippen molar-refractivity contribution in [2.45, 2.75) is 19.3 Å². The lowest BCUT2D eigenvalue weighted by molar-refractivity contribution is -0.537. The van der Waals surface area contributed by atoms with Gasteiger partial charge in [-0.05, 0) is 66.8 Å². The molecule has 2 aliphatic rings. The predicted molar refractivity (Wildman–Crippen MR) is 103 cm³/mol. The van der Waals surface area contributed by atoms with Crippen molar-refractivity contribution in [3.8, 4) is 11.6 Å². The van der Waals surface area contributed by atoms with Crippen molar-refractivity contribution in [3.63, 3.8) is 0 Å². The first kappa shape index (κ1) is 16.8. The van der Waals surface area contributed by atoms with Crippen molar-refractivity contribution in [2.75, 3.05) is 20.2 Å². The first-order chi connectivity index (χ1) is 12.6. The number of fused-ring (bicyclic) bond motifs is 1. The van der Waals surface area contributed by atoms with Crippen LogP contribution in [0.1, 0.15) is 25.0 Å². The summed E-state index contributed by atoms with van der Waals surface area (Å²) in [6, 6.07) is 5.87. The first-order valence-corrected chi connectivity index (χ1v) is 9.14. The van der Waals surface area contributed by atoms with Gasteiger partial charge >= 0.3 is 5.84 Å². The number of rotatable bonds is 2. The Morgan fingerprint density at radius 3 is 2.73 bits per heavy atom. The Hall–Kier alpha value is -2.67. The third kappa shape index (κ3) is 3.22. The van der Waals surface area contributed by atoms with E-state index < -0.39 is 0 Å². The maximum absolute atomic E-state index is 10.1. The van der Waals surface area contributed by atoms with Crippen LogP contribution in [0.25, 0.3) is 12.2 Å². The number of piperidine rings is 1. The van der Waals surface area contributed by atoms with Crippen molar-refractivity contribution in [3.05, 3.63) is 44.8 Å². The van der Waals surface area contributed by atoms with Crippen LogP contribution in [0.3, 0.4) is 0 Å². The minimum absolute atomic E-state index is 0.0327. The Kier molecular flexibility index (Phi) is 4.46. The Labute approximate surface area is 155 Å². The van der Waals surface area contributed by atoms with E-state index in [1.54, 1.807) is 7.11 Å². The van der Waals surface area contributed by atoms with Crippen LogP contribution in [0.2, 0.25) is 0 Å². The van der Waals surface area contributed by atoms with Gasteiger partial charge in [-0.1, -0.05) is 0 Å². The second kappa shape index (κ2) is 6.92. The van der Waals surface area contributed by atoms with Crippen LogP contribution in [-0.4, -0.2) is 45.7 Å². The molecule has 0 unspecified atom stereocenters. The minimum atomic E-state index is 0.0327. The minimum Gasteiger partial charge on any atom is -0.497 e. The molecule has 0 atom stereocenters. The highest BCUT2D eigenvalue weighted by molar-refractivity contribution is 7.71. The van der Waals surface area contributed by atoms with Crippen LogP contribution in [0.4, 0.5) is 0 Å². The standard InChI is InChI=1S/C19H20N4O2S/c1-25-14-5-6-15-12(10-14)9-13(11-16-18(24)22-19(26)21-16)17(20-15)23-7-3-2-4-8-23/h5-6,9-11H,2-4,7-8H2,1H3,(H2,21,22,24,26)/p+1. The SMILES string of the molecule is COc1ccc2c(c1)=C/C(=C\c1[nH]c(=S)[nH]c1O)C(=[N+]1CCCCC1)N=2. The van der Waals surface area contributed by atoms with Gasteiger partial charge in [-0.25, -0.2) is 0 Å². The summed E-state index contributed by atoms with van der Waals surface area (Å²) in [5, 5.41) is 12.0. The van der Waals surface area contributed by atoms with E-state index in [0.717, 1.165) is 40.8 Å². The monoisotopic (exact) mass is 369 g/mol. The molecule has 0 saturated carbocycles. The van der Waals surface area contributed by atoms with Crippen molar-refractivity contribution in [2.24, 2.45) is 4.99 Å². The van der Waals surface area contributed by atoms with E-state index in [9.17, 15) is 5.11 Å². The number of amidine groups is 1. The second-order valence-corrected chi connectivity index (χ2v) is 6.90. The van der Waals surface area contributed by atoms with Gasteiger partial charge < -0.3 is 19.8 Å². The lowest BCUT2D eigenvalue weighted by Gasteiger charge is -2.15. The van der Waals surface area contributed by atoms with Gasteiger partial charge in [-0.3, -0.25) is 4.58 Å². The molecule has 0 spiro atoms. The summed E-state index contributed by atoms with van der Waals surface area (Å²) in [5.74, 6) is 1.76. The van der Waals surface area contributed by atoms with Crippen LogP contribution < -0.4 is 15.3 Å². The molecule has 134 valence electrons. The molecule has 1 aromatic heterocycles. The van der Waals surface area contributed by atoms with Gasteiger partial charge in [0, 0.05) is 5.22 Å². The van der Waals surface area contributed by atoms with Gasteiger partial charge in [-0.15, -0.1) is 0 Å². The summed E-state index contributed by atoms with van der Waals surface area (Å²) < 4.78 is 8.05. The lowest BCUT2D eigenvalue weighted by atomic mass is 10.1. The van der Waals surface area contributed by atoms with Gasteiger partial charge in [0.1, 0.15) is 11.4 Å². The summed E-state index contributed by atoms with van der Waals surface area (Å²) in [5.41, 5.74) is 1.49. The predicted octanol–water partition coefficient (Wildman–Crippen LogP) is 1.88. The quantitative estimate of drug-likeness (QED) is 0.559. The van der Waals surface area contributed by atoms with Crippen LogP contribution in [0.5, 0.6) is 11.6 Å². The number of aromatic hydroxyl groups is 1. The van der Waals surface area contributed by atoms with Gasteiger partial charge in [0.05, 0.1) is 25.8 Å². The molecular weight excluding hydrogens is 348 g/mol. The average Bonchev–Trinajstić information content (AvgIpc) is 2.98. The van der Waals surface area contributed by atoms with E-state index in [4.69, 9.17) is 21.9 Å². The van der Waals surface area contributed by atoms with Crippen LogP contribution >= 0.6 is 12.2 Å². The zero-order valence-electron chi connectivity index (χ0n) is 14.6. The highest BCUT2D eigenvalue weighted by Gasteiger charge is 2.23. The molecule has 7 heteroatoms. The zero-order valence-corrected chi connectivity index (χ0v) is 15.4. The number of aromatic amines is 2. The van der Waals surface area contributed by atoms with Gasteiger partial charge in [-0.2, -0.15) is 0 Å².